The zero-order valence-electron chi connectivity index (χ0n) is 22.9. The number of benzene rings is 1. The first-order valence-corrected chi connectivity index (χ1v) is 13.8. The van der Waals surface area contributed by atoms with Crippen LogP contribution in [0.1, 0.15) is 90.4 Å². The third kappa shape index (κ3) is 7.30. The molecule has 0 heterocycles. The zero-order chi connectivity index (χ0) is 26.4. The van der Waals surface area contributed by atoms with Gasteiger partial charge in [-0.15, -0.1) is 0 Å². The molecule has 2 aliphatic carbocycles. The van der Waals surface area contributed by atoms with Gasteiger partial charge in [0.15, 0.2) is 5.78 Å². The van der Waals surface area contributed by atoms with Crippen LogP contribution in [-0.2, 0) is 19.1 Å². The molecule has 5 nitrogen and oxygen atoms in total. The van der Waals surface area contributed by atoms with E-state index in [0.717, 1.165) is 44.6 Å². The van der Waals surface area contributed by atoms with E-state index in [4.69, 9.17) is 9.47 Å². The fourth-order valence-electron chi connectivity index (χ4n) is 5.92. The fraction of sp³-hybridized carbons (Fsp3) is 0.645. The lowest BCUT2D eigenvalue weighted by Crippen LogP contribution is -2.39. The molecule has 0 unspecified atom stereocenters. The van der Waals surface area contributed by atoms with Gasteiger partial charge in [0, 0.05) is 11.6 Å². The number of hydrogen-bond donors (Lipinski definition) is 0. The van der Waals surface area contributed by atoms with Gasteiger partial charge in [-0.3, -0.25) is 4.79 Å². The van der Waals surface area contributed by atoms with Gasteiger partial charge in [0.2, 0.25) is 0 Å². The first-order valence-electron chi connectivity index (χ1n) is 13.8. The maximum Gasteiger partial charge on any atom is 0.346 e. The number of rotatable bonds is 8. The van der Waals surface area contributed by atoms with Gasteiger partial charge in [-0.05, 0) is 61.2 Å². The molecular formula is C31H44O5. The summed E-state index contributed by atoms with van der Waals surface area (Å²) < 4.78 is 12.0. The summed E-state index contributed by atoms with van der Waals surface area (Å²) >= 11 is 0. The molecule has 36 heavy (non-hydrogen) atoms. The molecule has 5 heteroatoms. The molecule has 1 aromatic carbocycles. The minimum absolute atomic E-state index is 0.233. The van der Waals surface area contributed by atoms with Crippen molar-refractivity contribution < 1.29 is 23.9 Å². The van der Waals surface area contributed by atoms with E-state index in [0.29, 0.717) is 29.2 Å². The van der Waals surface area contributed by atoms with E-state index >= 15 is 0 Å². The standard InChI is InChI=1S/C31H44O5/c1-19(2)24-14-12-21(5)16-28(24)35-30(33)26(18-27(32)23-10-8-7-9-11-23)31(34)36-29-17-22(6)13-15-25(29)20(3)4/h7-11,18-22,24-25,28-29H,12-17H2,1-6H3/t21-,22-,24+,25+,28-,29-/m1/s1. The van der Waals surface area contributed by atoms with Crippen molar-refractivity contribution in [3.05, 3.63) is 47.5 Å². The van der Waals surface area contributed by atoms with Crippen LogP contribution in [0, 0.1) is 35.5 Å². The molecule has 0 amide bonds. The van der Waals surface area contributed by atoms with Crippen molar-refractivity contribution in [2.24, 2.45) is 35.5 Å². The second-order valence-electron chi connectivity index (χ2n) is 11.8. The Morgan fingerprint density at radius 1 is 0.750 bits per heavy atom. The van der Waals surface area contributed by atoms with Crippen LogP contribution in [0.3, 0.4) is 0 Å². The van der Waals surface area contributed by atoms with Crippen molar-refractivity contribution in [3.8, 4) is 0 Å². The van der Waals surface area contributed by atoms with Gasteiger partial charge >= 0.3 is 11.9 Å². The summed E-state index contributed by atoms with van der Waals surface area (Å²) in [6.07, 6.45) is 6.27. The lowest BCUT2D eigenvalue weighted by atomic mass is 9.75. The zero-order valence-corrected chi connectivity index (χ0v) is 22.9. The molecular weight excluding hydrogens is 452 g/mol. The molecule has 2 fully saturated rings. The molecule has 198 valence electrons. The highest BCUT2D eigenvalue weighted by Crippen LogP contribution is 2.37. The molecule has 6 atom stereocenters. The first kappa shape index (κ1) is 28.1. The van der Waals surface area contributed by atoms with Crippen LogP contribution in [0.15, 0.2) is 42.0 Å². The van der Waals surface area contributed by atoms with E-state index in [9.17, 15) is 14.4 Å². The average molecular weight is 497 g/mol. The Kier molecular flexibility index (Phi) is 9.92. The number of hydrogen-bond acceptors (Lipinski definition) is 5. The van der Waals surface area contributed by atoms with Crippen molar-refractivity contribution in [1.82, 2.24) is 0 Å². The van der Waals surface area contributed by atoms with Gasteiger partial charge in [-0.25, -0.2) is 9.59 Å². The number of ether oxygens (including phenoxy) is 2. The van der Waals surface area contributed by atoms with Gasteiger partial charge in [-0.1, -0.05) is 84.7 Å². The van der Waals surface area contributed by atoms with Crippen LogP contribution < -0.4 is 0 Å². The van der Waals surface area contributed by atoms with Crippen LogP contribution in [0.5, 0.6) is 0 Å². The average Bonchev–Trinajstić information content (AvgIpc) is 2.82. The Bertz CT molecular complexity index is 884. The summed E-state index contributed by atoms with van der Waals surface area (Å²) in [6.45, 7) is 12.9. The summed E-state index contributed by atoms with van der Waals surface area (Å²) in [6, 6.07) is 8.66. The molecule has 0 radical (unpaired) electrons. The van der Waals surface area contributed by atoms with Crippen molar-refractivity contribution >= 4 is 17.7 Å². The Labute approximate surface area is 217 Å². The Morgan fingerprint density at radius 3 is 1.61 bits per heavy atom. The predicted octanol–water partition coefficient (Wildman–Crippen LogP) is 6.80. The topological polar surface area (TPSA) is 69.7 Å². The normalized spacial score (nSPS) is 28.4. The second kappa shape index (κ2) is 12.7. The second-order valence-corrected chi connectivity index (χ2v) is 11.8. The highest BCUT2D eigenvalue weighted by Gasteiger charge is 2.38. The smallest absolute Gasteiger partial charge is 0.346 e. The van der Waals surface area contributed by atoms with Gasteiger partial charge in [0.1, 0.15) is 17.8 Å². The maximum atomic E-state index is 13.5. The molecule has 0 bridgehead atoms. The first-order chi connectivity index (χ1) is 17.1. The van der Waals surface area contributed by atoms with E-state index in [1.165, 1.54) is 0 Å². The lowest BCUT2D eigenvalue weighted by Gasteiger charge is -2.37. The third-order valence-corrected chi connectivity index (χ3v) is 8.21. The Morgan fingerprint density at radius 2 is 1.19 bits per heavy atom. The summed E-state index contributed by atoms with van der Waals surface area (Å²) in [5.41, 5.74) is 0.110. The molecule has 0 spiro atoms. The van der Waals surface area contributed by atoms with Crippen molar-refractivity contribution in [2.75, 3.05) is 0 Å². The molecule has 2 saturated carbocycles. The van der Waals surface area contributed by atoms with Crippen LogP contribution >= 0.6 is 0 Å². The highest BCUT2D eigenvalue weighted by molar-refractivity contribution is 6.20. The minimum atomic E-state index is -0.751. The molecule has 1 aromatic rings. The molecule has 2 aliphatic rings. The van der Waals surface area contributed by atoms with E-state index in [2.05, 4.69) is 41.5 Å². The van der Waals surface area contributed by atoms with E-state index < -0.39 is 17.7 Å². The predicted molar refractivity (Wildman–Crippen MR) is 141 cm³/mol. The SMILES string of the molecule is CC(C)[C@@H]1CC[C@@H](C)C[C@H]1OC(=O)C(=CC(=O)c1ccccc1)C(=O)O[C@@H]1C[C@H](C)CC[C@H]1C(C)C. The number of carbonyl (C=O) groups is 3. The summed E-state index contributed by atoms with van der Waals surface area (Å²) in [5.74, 6) is 0.158. The number of allylic oxidation sites excluding steroid dienone is 1. The van der Waals surface area contributed by atoms with Crippen molar-refractivity contribution in [1.29, 1.82) is 0 Å². The van der Waals surface area contributed by atoms with E-state index in [1.54, 1.807) is 24.3 Å². The molecule has 0 N–H and O–H groups in total. The van der Waals surface area contributed by atoms with Gasteiger partial charge in [0.05, 0.1) is 0 Å². The maximum absolute atomic E-state index is 13.5. The largest absolute Gasteiger partial charge is 0.458 e. The quantitative estimate of drug-likeness (QED) is 0.130. The van der Waals surface area contributed by atoms with Crippen molar-refractivity contribution in [3.63, 3.8) is 0 Å². The number of ketones is 1. The van der Waals surface area contributed by atoms with Crippen LogP contribution in [0.25, 0.3) is 0 Å². The van der Waals surface area contributed by atoms with Crippen LogP contribution in [-0.4, -0.2) is 29.9 Å². The lowest BCUT2D eigenvalue weighted by molar-refractivity contribution is -0.159. The van der Waals surface area contributed by atoms with Gasteiger partial charge < -0.3 is 9.47 Å². The molecule has 3 rings (SSSR count). The van der Waals surface area contributed by atoms with Crippen molar-refractivity contribution in [2.45, 2.75) is 92.3 Å². The molecule has 0 aromatic heterocycles. The fourth-order valence-corrected chi connectivity index (χ4v) is 5.92. The van der Waals surface area contributed by atoms with E-state index in [1.807, 2.05) is 6.07 Å². The van der Waals surface area contributed by atoms with Gasteiger partial charge in [-0.2, -0.15) is 0 Å². The summed E-state index contributed by atoms with van der Waals surface area (Å²) in [5, 5.41) is 0. The van der Waals surface area contributed by atoms with Crippen LogP contribution in [0.2, 0.25) is 0 Å². The summed E-state index contributed by atoms with van der Waals surface area (Å²) in [7, 11) is 0. The molecule has 0 saturated heterocycles. The Balaban J connectivity index is 1.87. The van der Waals surface area contributed by atoms with Gasteiger partial charge in [0.25, 0.3) is 0 Å². The summed E-state index contributed by atoms with van der Waals surface area (Å²) in [4.78, 5) is 40.0. The highest BCUT2D eigenvalue weighted by atomic mass is 16.6. The van der Waals surface area contributed by atoms with E-state index in [-0.39, 0.29) is 29.6 Å². The number of esters is 2. The number of carbonyl (C=O) groups excluding carboxylic acids is 3. The monoisotopic (exact) mass is 496 g/mol. The third-order valence-electron chi connectivity index (χ3n) is 8.21. The van der Waals surface area contributed by atoms with Crippen LogP contribution in [0.4, 0.5) is 0 Å². The Hall–Kier alpha value is -2.43. The molecule has 0 aliphatic heterocycles. The minimum Gasteiger partial charge on any atom is -0.458 e.